The van der Waals surface area contributed by atoms with Gasteiger partial charge in [0.15, 0.2) is 0 Å². The van der Waals surface area contributed by atoms with E-state index < -0.39 is 12.0 Å². The summed E-state index contributed by atoms with van der Waals surface area (Å²) >= 11 is 0. The topological polar surface area (TPSA) is 93.5 Å². The van der Waals surface area contributed by atoms with E-state index in [4.69, 9.17) is 0 Å². The molecule has 3 rings (SSSR count). The van der Waals surface area contributed by atoms with Gasteiger partial charge in [0.2, 0.25) is 0 Å². The zero-order chi connectivity index (χ0) is 27.3. The molecule has 0 radical (unpaired) electrons. The van der Waals surface area contributed by atoms with Crippen LogP contribution in [0, 0.1) is 0 Å². The van der Waals surface area contributed by atoms with Gasteiger partial charge in [-0.3, -0.25) is 14.6 Å². The van der Waals surface area contributed by atoms with Crippen LogP contribution in [0.2, 0.25) is 0 Å². The zero-order valence-electron chi connectivity index (χ0n) is 23.5. The molecule has 2 heterocycles. The Morgan fingerprint density at radius 1 is 0.947 bits per heavy atom. The van der Waals surface area contributed by atoms with E-state index in [1.807, 2.05) is 42.2 Å². The number of rotatable bonds is 18. The number of hydrogen-bond acceptors (Lipinski definition) is 6. The van der Waals surface area contributed by atoms with Crippen LogP contribution in [0.15, 0.2) is 49.1 Å². The summed E-state index contributed by atoms with van der Waals surface area (Å²) in [7, 11) is 3.93. The van der Waals surface area contributed by atoms with Crippen molar-refractivity contribution in [1.82, 2.24) is 34.2 Å². The van der Waals surface area contributed by atoms with Gasteiger partial charge in [-0.15, -0.1) is 0 Å². The number of carboxylic acids is 1. The molecule has 1 atom stereocenters. The van der Waals surface area contributed by atoms with E-state index in [-0.39, 0.29) is 0 Å². The fourth-order valence-corrected chi connectivity index (χ4v) is 4.93. The Morgan fingerprint density at radius 2 is 1.63 bits per heavy atom. The minimum Gasteiger partial charge on any atom is -0.480 e. The van der Waals surface area contributed by atoms with Crippen LogP contribution >= 0.6 is 0 Å². The second kappa shape index (κ2) is 15.4. The van der Waals surface area contributed by atoms with Crippen molar-refractivity contribution in [2.24, 2.45) is 7.05 Å². The Morgan fingerprint density at radius 3 is 2.18 bits per heavy atom. The summed E-state index contributed by atoms with van der Waals surface area (Å²) in [5, 5.41) is 9.89. The number of nitrogens with one attached hydrogen (secondary N) is 1. The van der Waals surface area contributed by atoms with Crippen LogP contribution < -0.4 is 0 Å². The molecular formula is C29H45N7O2. The fourth-order valence-electron chi connectivity index (χ4n) is 4.93. The molecule has 3 aromatic rings. The third-order valence-electron chi connectivity index (χ3n) is 6.92. The zero-order valence-corrected chi connectivity index (χ0v) is 23.5. The molecule has 38 heavy (non-hydrogen) atoms. The number of aromatic amines is 1. The molecule has 9 heteroatoms. The Hall–Kier alpha value is -3.01. The monoisotopic (exact) mass is 523 g/mol. The molecule has 0 aliphatic heterocycles. The number of H-pyrrole nitrogens is 1. The van der Waals surface area contributed by atoms with Crippen molar-refractivity contribution in [1.29, 1.82) is 0 Å². The number of nitrogens with zero attached hydrogens (tertiary/aromatic N) is 6. The van der Waals surface area contributed by atoms with E-state index >= 15 is 0 Å². The molecule has 0 fully saturated rings. The third-order valence-corrected chi connectivity index (χ3v) is 6.92. The second-order valence-electron chi connectivity index (χ2n) is 10.2. The molecule has 9 nitrogen and oxygen atoms in total. The van der Waals surface area contributed by atoms with E-state index in [1.165, 1.54) is 5.56 Å². The molecule has 2 aromatic heterocycles. The van der Waals surface area contributed by atoms with Gasteiger partial charge in [-0.2, -0.15) is 0 Å². The molecule has 0 saturated carbocycles. The molecule has 0 spiro atoms. The average Bonchev–Trinajstić information content (AvgIpc) is 3.54. The van der Waals surface area contributed by atoms with Gasteiger partial charge in [0.05, 0.1) is 13.1 Å². The SMILES string of the molecule is CCCN(CCC)CCC[C@H](C(=O)O)N(C)Cc1ccc(CN(Cc2ncc[nH]2)Cc2nccn2C)cc1. The molecule has 2 N–H and O–H groups in total. The quantitative estimate of drug-likeness (QED) is 0.259. The van der Waals surface area contributed by atoms with Crippen LogP contribution in [0.25, 0.3) is 0 Å². The number of imidazole rings is 2. The Kier molecular flexibility index (Phi) is 12.0. The number of aromatic nitrogens is 4. The summed E-state index contributed by atoms with van der Waals surface area (Å²) < 4.78 is 2.04. The minimum atomic E-state index is -0.746. The molecule has 208 valence electrons. The lowest BCUT2D eigenvalue weighted by atomic mass is 10.1. The smallest absolute Gasteiger partial charge is 0.320 e. The van der Waals surface area contributed by atoms with Crippen molar-refractivity contribution in [2.45, 2.75) is 71.8 Å². The van der Waals surface area contributed by atoms with Crippen molar-refractivity contribution in [3.8, 4) is 0 Å². The summed E-state index contributed by atoms with van der Waals surface area (Å²) in [4.78, 5) is 30.8. The molecule has 0 bridgehead atoms. The summed E-state index contributed by atoms with van der Waals surface area (Å²) in [6.07, 6.45) is 11.2. The number of carbonyl (C=O) groups is 1. The maximum atomic E-state index is 12.0. The molecule has 0 aliphatic rings. The van der Waals surface area contributed by atoms with Gasteiger partial charge in [-0.05, 0) is 63.5 Å². The number of aryl methyl sites for hydroxylation is 1. The maximum absolute atomic E-state index is 12.0. The summed E-state index contributed by atoms with van der Waals surface area (Å²) in [5.41, 5.74) is 2.31. The average molecular weight is 524 g/mol. The van der Waals surface area contributed by atoms with Gasteiger partial charge >= 0.3 is 5.97 Å². The Bertz CT molecular complexity index is 1060. The molecular weight excluding hydrogens is 478 g/mol. The van der Waals surface area contributed by atoms with E-state index in [0.717, 1.165) is 62.7 Å². The maximum Gasteiger partial charge on any atom is 0.320 e. The Labute approximate surface area is 227 Å². The standard InChI is InChI=1S/C29H45N7O2/c1-5-16-35(17-6-2)18-7-8-26(29(37)38)34(4)20-24-9-11-25(12-10-24)21-36(22-27-30-13-14-31-27)23-28-32-15-19-33(28)3/h9-15,19,26H,5-8,16-18,20-23H2,1-4H3,(H,30,31)(H,37,38)/t26-/m1/s1. The highest BCUT2D eigenvalue weighted by Crippen LogP contribution is 2.16. The van der Waals surface area contributed by atoms with Crippen LogP contribution in [-0.4, -0.2) is 78.0 Å². The fraction of sp³-hybridized carbons (Fsp3) is 0.552. The highest BCUT2D eigenvalue weighted by atomic mass is 16.4. The summed E-state index contributed by atoms with van der Waals surface area (Å²) in [5.74, 6) is 1.18. The van der Waals surface area contributed by atoms with Crippen molar-refractivity contribution in [2.75, 3.05) is 26.7 Å². The highest BCUT2D eigenvalue weighted by molar-refractivity contribution is 5.73. The van der Waals surface area contributed by atoms with Gasteiger partial charge in [-0.1, -0.05) is 38.1 Å². The first-order chi connectivity index (χ1) is 18.4. The predicted octanol–water partition coefficient (Wildman–Crippen LogP) is 4.13. The van der Waals surface area contributed by atoms with Crippen LogP contribution in [0.5, 0.6) is 0 Å². The number of carboxylic acid groups (broad SMARTS) is 1. The molecule has 0 amide bonds. The first-order valence-corrected chi connectivity index (χ1v) is 13.8. The number of aliphatic carboxylic acids is 1. The van der Waals surface area contributed by atoms with Crippen molar-refractivity contribution >= 4 is 5.97 Å². The van der Waals surface area contributed by atoms with Crippen LogP contribution in [0.1, 0.15) is 62.3 Å². The van der Waals surface area contributed by atoms with Gasteiger partial charge in [0, 0.05) is 44.9 Å². The third kappa shape index (κ3) is 9.38. The predicted molar refractivity (Wildman–Crippen MR) is 150 cm³/mol. The normalized spacial score (nSPS) is 12.6. The van der Waals surface area contributed by atoms with Gasteiger partial charge in [0.25, 0.3) is 0 Å². The van der Waals surface area contributed by atoms with Gasteiger partial charge < -0.3 is 19.6 Å². The van der Waals surface area contributed by atoms with E-state index in [1.54, 1.807) is 6.20 Å². The lowest BCUT2D eigenvalue weighted by molar-refractivity contribution is -0.143. The van der Waals surface area contributed by atoms with E-state index in [9.17, 15) is 9.90 Å². The summed E-state index contributed by atoms with van der Waals surface area (Å²) in [6, 6.07) is 8.02. The lowest BCUT2D eigenvalue weighted by Gasteiger charge is -2.27. The van der Waals surface area contributed by atoms with Crippen molar-refractivity contribution in [3.05, 3.63) is 71.8 Å². The van der Waals surface area contributed by atoms with E-state index in [0.29, 0.717) is 26.1 Å². The minimum absolute atomic E-state index is 0.485. The number of hydrogen-bond donors (Lipinski definition) is 2. The summed E-state index contributed by atoms with van der Waals surface area (Å²) in [6.45, 7) is 10.3. The van der Waals surface area contributed by atoms with E-state index in [2.05, 4.69) is 62.9 Å². The molecule has 0 unspecified atom stereocenters. The number of benzene rings is 1. The van der Waals surface area contributed by atoms with Gasteiger partial charge in [-0.25, -0.2) is 9.97 Å². The van der Waals surface area contributed by atoms with Crippen LogP contribution in [0.4, 0.5) is 0 Å². The van der Waals surface area contributed by atoms with Crippen molar-refractivity contribution in [3.63, 3.8) is 0 Å². The molecule has 0 aliphatic carbocycles. The van der Waals surface area contributed by atoms with Crippen LogP contribution in [-0.2, 0) is 38.0 Å². The largest absolute Gasteiger partial charge is 0.480 e. The lowest BCUT2D eigenvalue weighted by Crippen LogP contribution is -2.39. The number of likely N-dealkylation sites (N-methyl/N-ethyl adjacent to an activating group) is 1. The molecule has 0 saturated heterocycles. The second-order valence-corrected chi connectivity index (χ2v) is 10.2. The van der Waals surface area contributed by atoms with Crippen molar-refractivity contribution < 1.29 is 9.90 Å². The first kappa shape index (κ1) is 29.5. The molecule has 1 aromatic carbocycles. The van der Waals surface area contributed by atoms with Crippen LogP contribution in [0.3, 0.4) is 0 Å². The first-order valence-electron chi connectivity index (χ1n) is 13.8. The highest BCUT2D eigenvalue weighted by Gasteiger charge is 2.22. The van der Waals surface area contributed by atoms with Gasteiger partial charge in [0.1, 0.15) is 17.7 Å². The Balaban J connectivity index is 1.57.